The van der Waals surface area contributed by atoms with Gasteiger partial charge in [0.05, 0.1) is 18.9 Å². The lowest BCUT2D eigenvalue weighted by molar-refractivity contribution is -0.143. The molecule has 0 saturated heterocycles. The Morgan fingerprint density at radius 1 is 1.31 bits per heavy atom. The number of esters is 1. The number of halogens is 4. The number of furan rings is 1. The highest BCUT2D eigenvalue weighted by molar-refractivity contribution is 7.10. The second kappa shape index (κ2) is 8.32. The van der Waals surface area contributed by atoms with Gasteiger partial charge in [0.15, 0.2) is 17.4 Å². The SMILES string of the molecule is COC(=O)C(NC(=O)c1nc2c(C(F)(F)F)cc(-c3ccco3)cn2c1Cl)c1cccs1. The molecule has 0 bridgehead atoms. The van der Waals surface area contributed by atoms with Crippen LogP contribution in [0.2, 0.25) is 5.15 Å². The summed E-state index contributed by atoms with van der Waals surface area (Å²) in [7, 11) is 1.15. The number of pyridine rings is 1. The van der Waals surface area contributed by atoms with Gasteiger partial charge in [-0.3, -0.25) is 9.20 Å². The Hall–Kier alpha value is -3.31. The predicted molar refractivity (Wildman–Crippen MR) is 109 cm³/mol. The maximum atomic E-state index is 13.7. The smallest absolute Gasteiger partial charge is 0.420 e. The lowest BCUT2D eigenvalue weighted by atomic mass is 10.1. The first-order chi connectivity index (χ1) is 15.2. The summed E-state index contributed by atoms with van der Waals surface area (Å²) in [6.45, 7) is 0. The molecule has 0 aliphatic carbocycles. The summed E-state index contributed by atoms with van der Waals surface area (Å²) < 4.78 is 52.1. The molecule has 0 aliphatic rings. The number of carbonyl (C=O) groups is 2. The van der Waals surface area contributed by atoms with Gasteiger partial charge in [0.2, 0.25) is 0 Å². The van der Waals surface area contributed by atoms with Crippen LogP contribution in [-0.4, -0.2) is 28.4 Å². The number of imidazole rings is 1. The largest absolute Gasteiger partial charge is 0.467 e. The number of hydrogen-bond donors (Lipinski definition) is 1. The zero-order valence-electron chi connectivity index (χ0n) is 16.1. The van der Waals surface area contributed by atoms with Crippen molar-refractivity contribution in [2.24, 2.45) is 0 Å². The molecule has 0 fully saturated rings. The van der Waals surface area contributed by atoms with E-state index in [0.717, 1.165) is 17.6 Å². The van der Waals surface area contributed by atoms with E-state index in [-0.39, 0.29) is 16.5 Å². The van der Waals surface area contributed by atoms with Crippen LogP contribution < -0.4 is 5.32 Å². The molecule has 32 heavy (non-hydrogen) atoms. The van der Waals surface area contributed by atoms with E-state index in [4.69, 9.17) is 20.8 Å². The number of fused-ring (bicyclic) bond motifs is 1. The summed E-state index contributed by atoms with van der Waals surface area (Å²) in [6.07, 6.45) is -2.18. The first-order valence-electron chi connectivity index (χ1n) is 8.95. The van der Waals surface area contributed by atoms with Gasteiger partial charge in [0.25, 0.3) is 5.91 Å². The molecular formula is C20H13ClF3N3O4S. The van der Waals surface area contributed by atoms with Crippen molar-refractivity contribution in [1.29, 1.82) is 0 Å². The molecule has 4 aromatic heterocycles. The van der Waals surface area contributed by atoms with Crippen molar-refractivity contribution in [1.82, 2.24) is 14.7 Å². The van der Waals surface area contributed by atoms with Crippen LogP contribution in [0.15, 0.2) is 52.6 Å². The summed E-state index contributed by atoms with van der Waals surface area (Å²) in [6, 6.07) is 5.98. The summed E-state index contributed by atoms with van der Waals surface area (Å²) in [5.41, 5.74) is -2.05. The van der Waals surface area contributed by atoms with Gasteiger partial charge in [-0.2, -0.15) is 13.2 Å². The number of nitrogens with zero attached hydrogens (tertiary/aromatic N) is 2. The molecule has 4 aromatic rings. The van der Waals surface area contributed by atoms with Gasteiger partial charge in [-0.05, 0) is 29.6 Å². The molecule has 1 N–H and O–H groups in total. The van der Waals surface area contributed by atoms with Crippen LogP contribution >= 0.6 is 22.9 Å². The summed E-state index contributed by atoms with van der Waals surface area (Å²) >= 11 is 7.45. The van der Waals surface area contributed by atoms with Crippen LogP contribution in [-0.2, 0) is 15.7 Å². The highest BCUT2D eigenvalue weighted by atomic mass is 35.5. The Kier molecular flexibility index (Phi) is 5.70. The molecule has 1 atom stereocenters. The lowest BCUT2D eigenvalue weighted by Gasteiger charge is -2.14. The Morgan fingerprint density at radius 3 is 2.69 bits per heavy atom. The second-order valence-electron chi connectivity index (χ2n) is 6.51. The molecule has 0 spiro atoms. The monoisotopic (exact) mass is 483 g/mol. The average molecular weight is 484 g/mol. The second-order valence-corrected chi connectivity index (χ2v) is 7.84. The van der Waals surface area contributed by atoms with E-state index in [1.807, 2.05) is 0 Å². The number of alkyl halides is 3. The predicted octanol–water partition coefficient (Wildman–Crippen LogP) is 4.97. The minimum atomic E-state index is -4.78. The average Bonchev–Trinajstić information content (AvgIpc) is 3.51. The van der Waals surface area contributed by atoms with Crippen molar-refractivity contribution < 1.29 is 31.9 Å². The van der Waals surface area contributed by atoms with E-state index < -0.39 is 41.0 Å². The molecule has 0 radical (unpaired) electrons. The van der Waals surface area contributed by atoms with Gasteiger partial charge in [-0.15, -0.1) is 11.3 Å². The number of ether oxygens (including phenoxy) is 1. The number of carbonyl (C=O) groups excluding carboxylic acids is 2. The lowest BCUT2D eigenvalue weighted by Crippen LogP contribution is -2.34. The quantitative estimate of drug-likeness (QED) is 0.405. The van der Waals surface area contributed by atoms with E-state index in [2.05, 4.69) is 10.3 Å². The third-order valence-corrected chi connectivity index (χ3v) is 5.83. The normalized spacial score (nSPS) is 12.7. The van der Waals surface area contributed by atoms with Crippen LogP contribution in [0.1, 0.15) is 27.0 Å². The van der Waals surface area contributed by atoms with E-state index in [0.29, 0.717) is 4.88 Å². The highest BCUT2D eigenvalue weighted by Gasteiger charge is 2.37. The van der Waals surface area contributed by atoms with Crippen molar-refractivity contribution in [3.63, 3.8) is 0 Å². The standard InChI is InChI=1S/C20H13ClF3N3O4S/c1-30-19(29)14(13-5-3-7-32-13)26-18(28)15-16(21)27-9-10(12-4-2-6-31-12)8-11(17(27)25-15)20(22,23)24/h2-9,14H,1H3,(H,26,28). The maximum absolute atomic E-state index is 13.7. The molecule has 0 aliphatic heterocycles. The van der Waals surface area contributed by atoms with Crippen molar-refractivity contribution in [3.8, 4) is 11.3 Å². The van der Waals surface area contributed by atoms with Crippen molar-refractivity contribution in [2.75, 3.05) is 7.11 Å². The topological polar surface area (TPSA) is 85.8 Å². The fraction of sp³-hybridized carbons (Fsp3) is 0.150. The van der Waals surface area contributed by atoms with Crippen LogP contribution in [0.25, 0.3) is 17.0 Å². The zero-order valence-corrected chi connectivity index (χ0v) is 17.7. The molecule has 12 heteroatoms. The fourth-order valence-corrected chi connectivity index (χ4v) is 4.09. The zero-order chi connectivity index (χ0) is 23.0. The van der Waals surface area contributed by atoms with E-state index in [9.17, 15) is 22.8 Å². The molecule has 7 nitrogen and oxygen atoms in total. The Labute approximate surface area is 187 Å². The molecule has 166 valence electrons. The van der Waals surface area contributed by atoms with E-state index in [1.54, 1.807) is 17.5 Å². The Bertz CT molecular complexity index is 1280. The number of rotatable bonds is 5. The van der Waals surface area contributed by atoms with Crippen LogP contribution in [0.4, 0.5) is 13.2 Å². The summed E-state index contributed by atoms with van der Waals surface area (Å²) in [5, 5.41) is 3.77. The van der Waals surface area contributed by atoms with Crippen molar-refractivity contribution in [2.45, 2.75) is 12.2 Å². The first kappa shape index (κ1) is 21.9. The van der Waals surface area contributed by atoms with Crippen molar-refractivity contribution in [3.05, 3.63) is 69.5 Å². The Balaban J connectivity index is 1.80. The molecule has 0 saturated carbocycles. The first-order valence-corrected chi connectivity index (χ1v) is 10.2. The van der Waals surface area contributed by atoms with Gasteiger partial charge < -0.3 is 14.5 Å². The molecule has 4 rings (SSSR count). The van der Waals surface area contributed by atoms with Gasteiger partial charge in [0.1, 0.15) is 10.9 Å². The van der Waals surface area contributed by atoms with E-state index >= 15 is 0 Å². The number of methoxy groups -OCH3 is 1. The summed E-state index contributed by atoms with van der Waals surface area (Å²) in [4.78, 5) is 29.3. The summed E-state index contributed by atoms with van der Waals surface area (Å²) in [5.74, 6) is -1.51. The van der Waals surface area contributed by atoms with Gasteiger partial charge in [0, 0.05) is 16.6 Å². The van der Waals surface area contributed by atoms with Gasteiger partial charge >= 0.3 is 12.1 Å². The fourth-order valence-electron chi connectivity index (χ4n) is 3.07. The Morgan fingerprint density at radius 2 is 2.09 bits per heavy atom. The number of amides is 1. The van der Waals surface area contributed by atoms with Crippen LogP contribution in [0, 0.1) is 0 Å². The molecule has 1 amide bonds. The number of thiophene rings is 1. The van der Waals surface area contributed by atoms with Gasteiger partial charge in [-0.1, -0.05) is 17.7 Å². The minimum absolute atomic E-state index is 0.0899. The molecule has 1 unspecified atom stereocenters. The highest BCUT2D eigenvalue weighted by Crippen LogP contribution is 2.37. The van der Waals surface area contributed by atoms with Crippen molar-refractivity contribution >= 4 is 40.5 Å². The van der Waals surface area contributed by atoms with Gasteiger partial charge in [-0.25, -0.2) is 9.78 Å². The molecule has 0 aromatic carbocycles. The third kappa shape index (κ3) is 3.96. The van der Waals surface area contributed by atoms with Crippen LogP contribution in [0.3, 0.4) is 0 Å². The van der Waals surface area contributed by atoms with E-state index in [1.165, 1.54) is 35.9 Å². The third-order valence-electron chi connectivity index (χ3n) is 4.53. The molecule has 4 heterocycles. The number of nitrogens with one attached hydrogen (secondary N) is 1. The minimum Gasteiger partial charge on any atom is -0.467 e. The van der Waals surface area contributed by atoms with Crippen LogP contribution in [0.5, 0.6) is 0 Å². The number of hydrogen-bond acceptors (Lipinski definition) is 6. The number of aromatic nitrogens is 2. The molecular weight excluding hydrogens is 471 g/mol. The maximum Gasteiger partial charge on any atom is 0.420 e.